The summed E-state index contributed by atoms with van der Waals surface area (Å²) in [6, 6.07) is 11.4. The first-order valence-electron chi connectivity index (χ1n) is 8.34. The Hall–Kier alpha value is -2.69. The maximum atomic E-state index is 12.9. The van der Waals surface area contributed by atoms with Gasteiger partial charge in [-0.15, -0.1) is 0 Å². The van der Waals surface area contributed by atoms with Crippen LogP contribution in [0.1, 0.15) is 17.5 Å². The SMILES string of the molecule is COc1cccc(CC(=O)N2CCCc3c(OC)cc(OC)cc32)c1. The van der Waals surface area contributed by atoms with Gasteiger partial charge in [-0.05, 0) is 30.5 Å². The molecular weight excluding hydrogens is 318 g/mol. The van der Waals surface area contributed by atoms with Crippen LogP contribution in [0, 0.1) is 0 Å². The van der Waals surface area contributed by atoms with Crippen LogP contribution in [0.4, 0.5) is 5.69 Å². The van der Waals surface area contributed by atoms with E-state index in [1.165, 1.54) is 0 Å². The third-order valence-electron chi connectivity index (χ3n) is 4.50. The number of rotatable bonds is 5. The molecule has 0 saturated heterocycles. The van der Waals surface area contributed by atoms with E-state index in [2.05, 4.69) is 0 Å². The Morgan fingerprint density at radius 2 is 1.84 bits per heavy atom. The fourth-order valence-electron chi connectivity index (χ4n) is 3.24. The summed E-state index contributed by atoms with van der Waals surface area (Å²) >= 11 is 0. The topological polar surface area (TPSA) is 48.0 Å². The van der Waals surface area contributed by atoms with Crippen molar-refractivity contribution >= 4 is 11.6 Å². The Bertz CT molecular complexity index is 772. The van der Waals surface area contributed by atoms with E-state index in [0.29, 0.717) is 18.7 Å². The third-order valence-corrected chi connectivity index (χ3v) is 4.50. The van der Waals surface area contributed by atoms with E-state index in [4.69, 9.17) is 14.2 Å². The molecule has 5 nitrogen and oxygen atoms in total. The maximum absolute atomic E-state index is 12.9. The molecular formula is C20H23NO4. The summed E-state index contributed by atoms with van der Waals surface area (Å²) in [5.41, 5.74) is 2.88. The van der Waals surface area contributed by atoms with Crippen molar-refractivity contribution < 1.29 is 19.0 Å². The smallest absolute Gasteiger partial charge is 0.231 e. The maximum Gasteiger partial charge on any atom is 0.231 e. The second kappa shape index (κ2) is 7.47. The number of methoxy groups -OCH3 is 3. The highest BCUT2D eigenvalue weighted by Crippen LogP contribution is 2.38. The Morgan fingerprint density at radius 1 is 1.04 bits per heavy atom. The van der Waals surface area contributed by atoms with Gasteiger partial charge in [0.15, 0.2) is 0 Å². The number of benzene rings is 2. The van der Waals surface area contributed by atoms with E-state index in [9.17, 15) is 4.79 Å². The minimum Gasteiger partial charge on any atom is -0.497 e. The molecule has 0 radical (unpaired) electrons. The summed E-state index contributed by atoms with van der Waals surface area (Å²) in [7, 11) is 4.89. The Morgan fingerprint density at radius 3 is 2.56 bits per heavy atom. The fraction of sp³-hybridized carbons (Fsp3) is 0.350. The van der Waals surface area contributed by atoms with Crippen molar-refractivity contribution in [1.82, 2.24) is 0 Å². The highest BCUT2D eigenvalue weighted by atomic mass is 16.5. The summed E-state index contributed by atoms with van der Waals surface area (Å²) in [5, 5.41) is 0. The molecule has 0 saturated carbocycles. The predicted molar refractivity (Wildman–Crippen MR) is 96.9 cm³/mol. The van der Waals surface area contributed by atoms with Crippen LogP contribution < -0.4 is 19.1 Å². The molecule has 0 spiro atoms. The molecule has 0 aliphatic carbocycles. The molecule has 3 rings (SSSR count). The molecule has 5 heteroatoms. The highest BCUT2D eigenvalue weighted by Gasteiger charge is 2.26. The van der Waals surface area contributed by atoms with Crippen LogP contribution in [-0.4, -0.2) is 33.8 Å². The first-order valence-corrected chi connectivity index (χ1v) is 8.34. The monoisotopic (exact) mass is 341 g/mol. The van der Waals surface area contributed by atoms with Gasteiger partial charge in [0, 0.05) is 24.2 Å². The summed E-state index contributed by atoms with van der Waals surface area (Å²) < 4.78 is 16.1. The van der Waals surface area contributed by atoms with Gasteiger partial charge in [-0.1, -0.05) is 12.1 Å². The molecule has 0 N–H and O–H groups in total. The van der Waals surface area contributed by atoms with Crippen LogP contribution in [0.25, 0.3) is 0 Å². The molecule has 1 aliphatic heterocycles. The first kappa shape index (κ1) is 17.1. The molecule has 1 heterocycles. The van der Waals surface area contributed by atoms with Gasteiger partial charge in [0.25, 0.3) is 0 Å². The summed E-state index contributed by atoms with van der Waals surface area (Å²) in [4.78, 5) is 14.8. The largest absolute Gasteiger partial charge is 0.497 e. The van der Waals surface area contributed by atoms with E-state index in [1.54, 1.807) is 21.3 Å². The quantitative estimate of drug-likeness (QED) is 0.838. The number of anilines is 1. The Labute approximate surface area is 148 Å². The number of ether oxygens (including phenoxy) is 3. The van der Waals surface area contributed by atoms with E-state index in [1.807, 2.05) is 41.3 Å². The summed E-state index contributed by atoms with van der Waals surface area (Å²) in [6.45, 7) is 0.701. The number of carbonyl (C=O) groups excluding carboxylic acids is 1. The average Bonchev–Trinajstić information content (AvgIpc) is 2.66. The van der Waals surface area contributed by atoms with Crippen LogP contribution in [-0.2, 0) is 17.6 Å². The van der Waals surface area contributed by atoms with Gasteiger partial charge in [0.2, 0.25) is 5.91 Å². The van der Waals surface area contributed by atoms with Crippen molar-refractivity contribution in [3.05, 3.63) is 47.5 Å². The van der Waals surface area contributed by atoms with Gasteiger partial charge in [0.05, 0.1) is 33.4 Å². The number of fused-ring (bicyclic) bond motifs is 1. The van der Waals surface area contributed by atoms with Gasteiger partial charge >= 0.3 is 0 Å². The number of amides is 1. The lowest BCUT2D eigenvalue weighted by Gasteiger charge is -2.31. The molecule has 0 fully saturated rings. The number of carbonyl (C=O) groups is 1. The molecule has 1 aliphatic rings. The van der Waals surface area contributed by atoms with Gasteiger partial charge in [-0.2, -0.15) is 0 Å². The van der Waals surface area contributed by atoms with Crippen molar-refractivity contribution in [2.75, 3.05) is 32.8 Å². The molecule has 0 aromatic heterocycles. The second-order valence-corrected chi connectivity index (χ2v) is 6.00. The van der Waals surface area contributed by atoms with Gasteiger partial charge in [0.1, 0.15) is 17.2 Å². The summed E-state index contributed by atoms with van der Waals surface area (Å²) in [5.74, 6) is 2.28. The van der Waals surface area contributed by atoms with Crippen molar-refractivity contribution in [3.63, 3.8) is 0 Å². The van der Waals surface area contributed by atoms with Crippen LogP contribution >= 0.6 is 0 Å². The van der Waals surface area contributed by atoms with E-state index < -0.39 is 0 Å². The number of hydrogen-bond acceptors (Lipinski definition) is 4. The summed E-state index contributed by atoms with van der Waals surface area (Å²) in [6.07, 6.45) is 2.14. The zero-order chi connectivity index (χ0) is 17.8. The molecule has 132 valence electrons. The Kier molecular flexibility index (Phi) is 5.12. The van der Waals surface area contributed by atoms with Crippen molar-refractivity contribution in [2.24, 2.45) is 0 Å². The zero-order valence-corrected chi connectivity index (χ0v) is 14.9. The molecule has 1 amide bonds. The molecule has 2 aromatic carbocycles. The van der Waals surface area contributed by atoms with Crippen LogP contribution in [0.15, 0.2) is 36.4 Å². The Balaban J connectivity index is 1.90. The molecule has 0 atom stereocenters. The van der Waals surface area contributed by atoms with Crippen molar-refractivity contribution in [3.8, 4) is 17.2 Å². The average molecular weight is 341 g/mol. The van der Waals surface area contributed by atoms with Crippen molar-refractivity contribution in [1.29, 1.82) is 0 Å². The lowest BCUT2D eigenvalue weighted by atomic mass is 9.99. The van der Waals surface area contributed by atoms with Gasteiger partial charge < -0.3 is 19.1 Å². The van der Waals surface area contributed by atoms with Crippen LogP contribution in [0.2, 0.25) is 0 Å². The van der Waals surface area contributed by atoms with Crippen molar-refractivity contribution in [2.45, 2.75) is 19.3 Å². The van der Waals surface area contributed by atoms with Gasteiger partial charge in [-0.3, -0.25) is 4.79 Å². The minimum absolute atomic E-state index is 0.0597. The lowest BCUT2D eigenvalue weighted by molar-refractivity contribution is -0.118. The highest BCUT2D eigenvalue weighted by molar-refractivity contribution is 5.96. The molecule has 0 bridgehead atoms. The lowest BCUT2D eigenvalue weighted by Crippen LogP contribution is -2.36. The van der Waals surface area contributed by atoms with E-state index in [0.717, 1.165) is 41.2 Å². The number of nitrogens with zero attached hydrogens (tertiary/aromatic N) is 1. The first-order chi connectivity index (χ1) is 12.2. The zero-order valence-electron chi connectivity index (χ0n) is 14.9. The molecule has 2 aromatic rings. The standard InChI is InChI=1S/C20H23NO4/c1-23-15-7-4-6-14(10-15)11-20(22)21-9-5-8-17-18(21)12-16(24-2)13-19(17)25-3/h4,6-7,10,12-13H,5,8-9,11H2,1-3H3. The second-order valence-electron chi connectivity index (χ2n) is 6.00. The van der Waals surface area contributed by atoms with Crippen LogP contribution in [0.3, 0.4) is 0 Å². The van der Waals surface area contributed by atoms with E-state index >= 15 is 0 Å². The molecule has 0 unspecified atom stereocenters. The third kappa shape index (κ3) is 3.55. The number of hydrogen-bond donors (Lipinski definition) is 0. The van der Waals surface area contributed by atoms with E-state index in [-0.39, 0.29) is 5.91 Å². The fourth-order valence-corrected chi connectivity index (χ4v) is 3.24. The minimum atomic E-state index is 0.0597. The normalized spacial score (nSPS) is 13.2. The van der Waals surface area contributed by atoms with Crippen LogP contribution in [0.5, 0.6) is 17.2 Å². The molecule has 25 heavy (non-hydrogen) atoms. The van der Waals surface area contributed by atoms with Gasteiger partial charge in [-0.25, -0.2) is 0 Å². The predicted octanol–water partition coefficient (Wildman–Crippen LogP) is 3.23.